The van der Waals surface area contributed by atoms with E-state index in [9.17, 15) is 9.59 Å². The Hall–Kier alpha value is -3.36. The first-order valence-electron chi connectivity index (χ1n) is 10.4. The van der Waals surface area contributed by atoms with E-state index in [-0.39, 0.29) is 23.8 Å². The van der Waals surface area contributed by atoms with Crippen LogP contribution in [0.5, 0.6) is 0 Å². The number of nitrogens with zero attached hydrogens (tertiary/aromatic N) is 2. The van der Waals surface area contributed by atoms with E-state index in [1.54, 1.807) is 16.9 Å². The number of aryl methyl sites for hydroxylation is 2. The van der Waals surface area contributed by atoms with Gasteiger partial charge >= 0.3 is 0 Å². The third-order valence-corrected chi connectivity index (χ3v) is 7.62. The molecular weight excluding hydrogens is 454 g/mol. The molecule has 5 aromatic rings. The van der Waals surface area contributed by atoms with Gasteiger partial charge in [0.2, 0.25) is 5.91 Å². The number of carbonyl (C=O) groups excluding carboxylic acids is 1. The Morgan fingerprint density at radius 2 is 1.94 bits per heavy atom. The highest BCUT2D eigenvalue weighted by atomic mass is 32.2. The second kappa shape index (κ2) is 8.88. The third-order valence-electron chi connectivity index (χ3n) is 5.54. The molecule has 5 rings (SSSR count). The molecule has 6 nitrogen and oxygen atoms in total. The summed E-state index contributed by atoms with van der Waals surface area (Å²) in [5.74, 6) is 0.626. The van der Waals surface area contributed by atoms with Gasteiger partial charge in [0.15, 0.2) is 5.16 Å². The fourth-order valence-corrected chi connectivity index (χ4v) is 5.64. The number of fused-ring (bicyclic) bond motifs is 2. The number of anilines is 1. The van der Waals surface area contributed by atoms with Gasteiger partial charge in [0.25, 0.3) is 5.56 Å². The Morgan fingerprint density at radius 3 is 2.76 bits per heavy atom. The van der Waals surface area contributed by atoms with Crippen molar-refractivity contribution in [2.45, 2.75) is 25.5 Å². The average molecular weight is 476 g/mol. The van der Waals surface area contributed by atoms with Gasteiger partial charge in [-0.1, -0.05) is 48.2 Å². The first-order chi connectivity index (χ1) is 16.0. The lowest BCUT2D eigenvalue weighted by molar-refractivity contribution is -0.113. The Bertz CT molecular complexity index is 1530. The summed E-state index contributed by atoms with van der Waals surface area (Å²) >= 11 is 2.75. The SMILES string of the molecule is Cc1sc2nc(SCC(=O)Nc3cccc4ccccc34)n(Cc3ccco3)c(=O)c2c1C. The highest BCUT2D eigenvalue weighted by Crippen LogP contribution is 2.29. The number of thiophene rings is 1. The van der Waals surface area contributed by atoms with Gasteiger partial charge in [-0.2, -0.15) is 0 Å². The maximum atomic E-state index is 13.4. The van der Waals surface area contributed by atoms with Gasteiger partial charge in [0.1, 0.15) is 10.6 Å². The Kier molecular flexibility index (Phi) is 5.78. The summed E-state index contributed by atoms with van der Waals surface area (Å²) in [5, 5.41) is 6.17. The molecule has 0 unspecified atom stereocenters. The first kappa shape index (κ1) is 21.5. The molecule has 0 aliphatic rings. The van der Waals surface area contributed by atoms with Crippen LogP contribution in [0.1, 0.15) is 16.2 Å². The molecule has 33 heavy (non-hydrogen) atoms. The largest absolute Gasteiger partial charge is 0.467 e. The smallest absolute Gasteiger partial charge is 0.263 e. The van der Waals surface area contributed by atoms with Crippen LogP contribution in [0, 0.1) is 13.8 Å². The maximum absolute atomic E-state index is 13.4. The molecule has 8 heteroatoms. The minimum Gasteiger partial charge on any atom is -0.467 e. The lowest BCUT2D eigenvalue weighted by Gasteiger charge is -2.12. The number of benzene rings is 2. The van der Waals surface area contributed by atoms with Crippen molar-refractivity contribution in [2.75, 3.05) is 11.1 Å². The van der Waals surface area contributed by atoms with E-state index in [1.165, 1.54) is 23.1 Å². The molecule has 0 aliphatic carbocycles. The molecule has 0 aliphatic heterocycles. The van der Waals surface area contributed by atoms with Crippen LogP contribution >= 0.6 is 23.1 Å². The molecule has 0 spiro atoms. The number of furan rings is 1. The van der Waals surface area contributed by atoms with E-state index in [4.69, 9.17) is 9.40 Å². The molecule has 0 atom stereocenters. The van der Waals surface area contributed by atoms with Gasteiger partial charge in [0.05, 0.1) is 23.9 Å². The van der Waals surface area contributed by atoms with E-state index in [0.29, 0.717) is 21.1 Å². The van der Waals surface area contributed by atoms with Crippen molar-refractivity contribution >= 4 is 55.7 Å². The quantitative estimate of drug-likeness (QED) is 0.255. The van der Waals surface area contributed by atoms with Crippen molar-refractivity contribution in [3.63, 3.8) is 0 Å². The van der Waals surface area contributed by atoms with Gasteiger partial charge in [-0.3, -0.25) is 14.2 Å². The molecule has 0 bridgehead atoms. The van der Waals surface area contributed by atoms with Gasteiger partial charge in [-0.05, 0) is 43.0 Å². The molecule has 2 aromatic carbocycles. The van der Waals surface area contributed by atoms with E-state index in [1.807, 2.05) is 62.4 Å². The molecular formula is C25H21N3O3S2. The standard InChI is InChI=1S/C25H21N3O3S2/c1-15-16(2)33-23-22(15)24(30)28(13-18-9-6-12-31-18)25(27-23)32-14-21(29)26-20-11-5-8-17-7-3-4-10-19(17)20/h3-12H,13-14H2,1-2H3,(H,26,29). The monoisotopic (exact) mass is 475 g/mol. The number of rotatable bonds is 6. The number of hydrogen-bond donors (Lipinski definition) is 1. The third kappa shape index (κ3) is 4.19. The summed E-state index contributed by atoms with van der Waals surface area (Å²) in [6.07, 6.45) is 1.58. The maximum Gasteiger partial charge on any atom is 0.263 e. The van der Waals surface area contributed by atoms with Crippen LogP contribution in [0.3, 0.4) is 0 Å². The Labute approximate surface area is 198 Å². The number of nitrogens with one attached hydrogen (secondary N) is 1. The van der Waals surface area contributed by atoms with Crippen molar-refractivity contribution < 1.29 is 9.21 Å². The normalized spacial score (nSPS) is 11.3. The van der Waals surface area contributed by atoms with E-state index in [0.717, 1.165) is 26.9 Å². The molecule has 3 heterocycles. The number of amides is 1. The molecule has 1 amide bonds. The van der Waals surface area contributed by atoms with Gasteiger partial charge in [0, 0.05) is 16.0 Å². The van der Waals surface area contributed by atoms with Crippen molar-refractivity contribution in [1.82, 2.24) is 9.55 Å². The molecule has 166 valence electrons. The number of aromatic nitrogens is 2. The summed E-state index contributed by atoms with van der Waals surface area (Å²) in [4.78, 5) is 32.7. The second-order valence-corrected chi connectivity index (χ2v) is 9.84. The van der Waals surface area contributed by atoms with Crippen LogP contribution < -0.4 is 10.9 Å². The predicted molar refractivity (Wildman–Crippen MR) is 134 cm³/mol. The Morgan fingerprint density at radius 1 is 1.12 bits per heavy atom. The van der Waals surface area contributed by atoms with Gasteiger partial charge in [-0.15, -0.1) is 11.3 Å². The minimum atomic E-state index is -0.159. The van der Waals surface area contributed by atoms with Gasteiger partial charge < -0.3 is 9.73 Å². The van der Waals surface area contributed by atoms with E-state index in [2.05, 4.69) is 5.32 Å². The summed E-state index contributed by atoms with van der Waals surface area (Å²) in [6, 6.07) is 17.3. The fourth-order valence-electron chi connectivity index (χ4n) is 3.77. The molecule has 0 fully saturated rings. The van der Waals surface area contributed by atoms with Crippen LogP contribution in [0.15, 0.2) is 75.2 Å². The highest BCUT2D eigenvalue weighted by molar-refractivity contribution is 7.99. The van der Waals surface area contributed by atoms with Crippen LogP contribution in [-0.2, 0) is 11.3 Å². The molecule has 0 saturated carbocycles. The Balaban J connectivity index is 1.44. The van der Waals surface area contributed by atoms with Crippen LogP contribution in [0.25, 0.3) is 21.0 Å². The lowest BCUT2D eigenvalue weighted by atomic mass is 10.1. The van der Waals surface area contributed by atoms with Crippen molar-refractivity contribution in [3.05, 3.63) is 87.4 Å². The van der Waals surface area contributed by atoms with E-state index >= 15 is 0 Å². The molecule has 0 saturated heterocycles. The number of hydrogen-bond acceptors (Lipinski definition) is 6. The molecule has 1 N–H and O–H groups in total. The summed E-state index contributed by atoms with van der Waals surface area (Å²) in [6.45, 7) is 4.19. The average Bonchev–Trinajstić information content (AvgIpc) is 3.42. The second-order valence-electron chi connectivity index (χ2n) is 7.69. The van der Waals surface area contributed by atoms with Crippen LogP contribution in [0.4, 0.5) is 5.69 Å². The summed E-state index contributed by atoms with van der Waals surface area (Å²) < 4.78 is 7.06. The lowest BCUT2D eigenvalue weighted by Crippen LogP contribution is -2.24. The highest BCUT2D eigenvalue weighted by Gasteiger charge is 2.19. The minimum absolute atomic E-state index is 0.116. The van der Waals surface area contributed by atoms with Crippen LogP contribution in [0.2, 0.25) is 0 Å². The van der Waals surface area contributed by atoms with Gasteiger partial charge in [-0.25, -0.2) is 4.98 Å². The predicted octanol–water partition coefficient (Wildman–Crippen LogP) is 5.60. The van der Waals surface area contributed by atoms with Crippen LogP contribution in [-0.4, -0.2) is 21.2 Å². The fraction of sp³-hybridized carbons (Fsp3) is 0.160. The summed E-state index contributed by atoms with van der Waals surface area (Å²) in [5.41, 5.74) is 1.60. The van der Waals surface area contributed by atoms with Crippen molar-refractivity contribution in [1.29, 1.82) is 0 Å². The molecule has 3 aromatic heterocycles. The topological polar surface area (TPSA) is 77.1 Å². The van der Waals surface area contributed by atoms with Crippen molar-refractivity contribution in [3.8, 4) is 0 Å². The zero-order chi connectivity index (χ0) is 22.9. The number of thioether (sulfide) groups is 1. The summed E-state index contributed by atoms with van der Waals surface area (Å²) in [7, 11) is 0. The zero-order valence-electron chi connectivity index (χ0n) is 18.1. The first-order valence-corrected chi connectivity index (χ1v) is 12.2. The zero-order valence-corrected chi connectivity index (χ0v) is 19.8. The number of carbonyl (C=O) groups is 1. The molecule has 0 radical (unpaired) electrons. The van der Waals surface area contributed by atoms with Crippen molar-refractivity contribution in [2.24, 2.45) is 0 Å². The van der Waals surface area contributed by atoms with E-state index < -0.39 is 0 Å².